The van der Waals surface area contributed by atoms with Crippen molar-refractivity contribution < 1.29 is 4.74 Å². The molecule has 4 nitrogen and oxygen atoms in total. The van der Waals surface area contributed by atoms with Crippen LogP contribution in [0.1, 0.15) is 18.5 Å². The molecular weight excluding hydrogens is 202 g/mol. The van der Waals surface area contributed by atoms with E-state index in [2.05, 4.69) is 10.4 Å². The second-order valence-electron chi connectivity index (χ2n) is 2.79. The highest BCUT2D eigenvalue weighted by atomic mass is 35.5. The Morgan fingerprint density at radius 1 is 1.64 bits per heavy atom. The molecule has 1 rings (SSSR count). The summed E-state index contributed by atoms with van der Waals surface area (Å²) in [7, 11) is 0. The number of nitrogens with zero attached hydrogens (tertiary/aromatic N) is 1. The average Bonchev–Trinajstić information content (AvgIpc) is 2.21. The number of nitrogens with one attached hydrogen (secondary N) is 1. The van der Waals surface area contributed by atoms with Crippen LogP contribution in [0.2, 0.25) is 5.15 Å². The fourth-order valence-corrected chi connectivity index (χ4v) is 1.18. The second kappa shape index (κ2) is 5.93. The number of hydrogen-bond acceptors (Lipinski definition) is 4. The van der Waals surface area contributed by atoms with Crippen LogP contribution >= 0.6 is 11.6 Å². The summed E-state index contributed by atoms with van der Waals surface area (Å²) in [6, 6.07) is 3.56. The van der Waals surface area contributed by atoms with Gasteiger partial charge in [0.1, 0.15) is 5.15 Å². The molecule has 0 aliphatic rings. The molecule has 0 fully saturated rings. The van der Waals surface area contributed by atoms with E-state index in [0.29, 0.717) is 18.4 Å². The molecule has 14 heavy (non-hydrogen) atoms. The highest BCUT2D eigenvalue weighted by molar-refractivity contribution is 6.29. The minimum Gasteiger partial charge on any atom is -0.380 e. The lowest BCUT2D eigenvalue weighted by atomic mass is 10.1. The lowest BCUT2D eigenvalue weighted by Gasteiger charge is -2.15. The molecule has 1 heterocycles. The van der Waals surface area contributed by atoms with Crippen molar-refractivity contribution in [3.63, 3.8) is 0 Å². The van der Waals surface area contributed by atoms with Gasteiger partial charge in [-0.05, 0) is 18.6 Å². The van der Waals surface area contributed by atoms with Crippen LogP contribution in [0.5, 0.6) is 0 Å². The molecule has 78 valence electrons. The summed E-state index contributed by atoms with van der Waals surface area (Å²) >= 11 is 5.67. The second-order valence-corrected chi connectivity index (χ2v) is 3.18. The van der Waals surface area contributed by atoms with Crippen molar-refractivity contribution in [3.8, 4) is 0 Å². The summed E-state index contributed by atoms with van der Waals surface area (Å²) in [5.74, 6) is 5.39. The van der Waals surface area contributed by atoms with Crippen molar-refractivity contribution in [3.05, 3.63) is 29.0 Å². The van der Waals surface area contributed by atoms with E-state index in [9.17, 15) is 0 Å². The lowest BCUT2D eigenvalue weighted by Crippen LogP contribution is -2.31. The molecule has 0 bridgehead atoms. The quantitative estimate of drug-likeness (QED) is 0.441. The zero-order valence-electron chi connectivity index (χ0n) is 8.03. The predicted octanol–water partition coefficient (Wildman–Crippen LogP) is 1.28. The molecule has 0 spiro atoms. The summed E-state index contributed by atoms with van der Waals surface area (Å²) in [5.41, 5.74) is 3.63. The van der Waals surface area contributed by atoms with Crippen LogP contribution in [0.4, 0.5) is 0 Å². The topological polar surface area (TPSA) is 60.2 Å². The molecule has 1 atom stereocenters. The van der Waals surface area contributed by atoms with Gasteiger partial charge in [0.15, 0.2) is 0 Å². The molecule has 5 heteroatoms. The van der Waals surface area contributed by atoms with Crippen LogP contribution in [0.3, 0.4) is 0 Å². The van der Waals surface area contributed by atoms with E-state index >= 15 is 0 Å². The van der Waals surface area contributed by atoms with E-state index in [0.717, 1.165) is 5.56 Å². The fourth-order valence-electron chi connectivity index (χ4n) is 1.07. The first-order valence-corrected chi connectivity index (χ1v) is 4.81. The summed E-state index contributed by atoms with van der Waals surface area (Å²) in [4.78, 5) is 3.97. The van der Waals surface area contributed by atoms with Crippen LogP contribution in [0, 0.1) is 0 Å². The number of hydrazine groups is 1. The maximum absolute atomic E-state index is 5.67. The third kappa shape index (κ3) is 3.23. The van der Waals surface area contributed by atoms with E-state index in [1.54, 1.807) is 12.3 Å². The van der Waals surface area contributed by atoms with Crippen LogP contribution in [-0.2, 0) is 4.74 Å². The summed E-state index contributed by atoms with van der Waals surface area (Å²) < 4.78 is 5.27. The first-order chi connectivity index (χ1) is 6.77. The van der Waals surface area contributed by atoms with Crippen LogP contribution < -0.4 is 11.3 Å². The van der Waals surface area contributed by atoms with E-state index < -0.39 is 0 Å². The Morgan fingerprint density at radius 3 is 2.93 bits per heavy atom. The number of pyridine rings is 1. The van der Waals surface area contributed by atoms with Crippen LogP contribution in [0.25, 0.3) is 0 Å². The van der Waals surface area contributed by atoms with Crippen LogP contribution in [0.15, 0.2) is 18.3 Å². The Bertz CT molecular complexity index is 265. The fraction of sp³-hybridized carbons (Fsp3) is 0.444. The number of nitrogens with two attached hydrogens (primary N) is 1. The Hall–Kier alpha value is -0.680. The number of aromatic nitrogens is 1. The van der Waals surface area contributed by atoms with E-state index in [1.165, 1.54) is 0 Å². The molecule has 0 aliphatic heterocycles. The van der Waals surface area contributed by atoms with Gasteiger partial charge in [-0.15, -0.1) is 0 Å². The van der Waals surface area contributed by atoms with Gasteiger partial charge >= 0.3 is 0 Å². The molecule has 1 aromatic heterocycles. The smallest absolute Gasteiger partial charge is 0.129 e. The highest BCUT2D eigenvalue weighted by Gasteiger charge is 2.09. The minimum absolute atomic E-state index is 0.0419. The van der Waals surface area contributed by atoms with Crippen molar-refractivity contribution in [2.45, 2.75) is 13.0 Å². The third-order valence-electron chi connectivity index (χ3n) is 1.84. The number of hydrogen-bond donors (Lipinski definition) is 2. The molecule has 1 aromatic rings. The van der Waals surface area contributed by atoms with Gasteiger partial charge in [-0.2, -0.15) is 0 Å². The zero-order chi connectivity index (χ0) is 10.4. The molecule has 0 saturated heterocycles. The van der Waals surface area contributed by atoms with Crippen molar-refractivity contribution in [2.75, 3.05) is 13.2 Å². The Balaban J connectivity index is 2.64. The molecule has 0 amide bonds. The monoisotopic (exact) mass is 215 g/mol. The largest absolute Gasteiger partial charge is 0.380 e. The Kier molecular flexibility index (Phi) is 4.82. The van der Waals surface area contributed by atoms with Gasteiger partial charge in [0.25, 0.3) is 0 Å². The maximum atomic E-state index is 5.67. The third-order valence-corrected chi connectivity index (χ3v) is 2.07. The predicted molar refractivity (Wildman–Crippen MR) is 55.8 cm³/mol. The summed E-state index contributed by atoms with van der Waals surface area (Å²) in [6.07, 6.45) is 1.69. The average molecular weight is 216 g/mol. The summed E-state index contributed by atoms with van der Waals surface area (Å²) in [5, 5.41) is 0.473. The van der Waals surface area contributed by atoms with E-state index in [1.807, 2.05) is 13.0 Å². The van der Waals surface area contributed by atoms with Crippen molar-refractivity contribution in [1.29, 1.82) is 0 Å². The molecule has 1 unspecified atom stereocenters. The number of rotatable bonds is 5. The van der Waals surface area contributed by atoms with Gasteiger partial charge in [-0.1, -0.05) is 17.7 Å². The van der Waals surface area contributed by atoms with Gasteiger partial charge < -0.3 is 4.74 Å². The zero-order valence-corrected chi connectivity index (χ0v) is 8.79. The first-order valence-electron chi connectivity index (χ1n) is 4.43. The highest BCUT2D eigenvalue weighted by Crippen LogP contribution is 2.13. The van der Waals surface area contributed by atoms with Gasteiger partial charge in [0, 0.05) is 12.8 Å². The van der Waals surface area contributed by atoms with Gasteiger partial charge in [-0.3, -0.25) is 11.3 Å². The van der Waals surface area contributed by atoms with Crippen molar-refractivity contribution in [1.82, 2.24) is 10.4 Å². The molecule has 0 radical (unpaired) electrons. The Morgan fingerprint density at radius 2 is 2.43 bits per heavy atom. The standard InChI is InChI=1S/C9H14ClN3O/c1-2-14-6-8(13-11)7-3-4-9(10)12-5-7/h3-5,8,13H,2,6,11H2,1H3. The first kappa shape index (κ1) is 11.4. The minimum atomic E-state index is -0.0419. The van der Waals surface area contributed by atoms with Gasteiger partial charge in [-0.25, -0.2) is 4.98 Å². The van der Waals surface area contributed by atoms with Gasteiger partial charge in [0.2, 0.25) is 0 Å². The van der Waals surface area contributed by atoms with E-state index in [-0.39, 0.29) is 6.04 Å². The van der Waals surface area contributed by atoms with Crippen molar-refractivity contribution >= 4 is 11.6 Å². The molecule has 3 N–H and O–H groups in total. The summed E-state index contributed by atoms with van der Waals surface area (Å²) in [6.45, 7) is 3.13. The lowest BCUT2D eigenvalue weighted by molar-refractivity contribution is 0.123. The molecular formula is C9H14ClN3O. The van der Waals surface area contributed by atoms with Crippen LogP contribution in [-0.4, -0.2) is 18.2 Å². The van der Waals surface area contributed by atoms with Crippen molar-refractivity contribution in [2.24, 2.45) is 5.84 Å². The van der Waals surface area contributed by atoms with E-state index in [4.69, 9.17) is 22.2 Å². The molecule has 0 aliphatic carbocycles. The molecule has 0 aromatic carbocycles. The Labute approximate surface area is 88.4 Å². The maximum Gasteiger partial charge on any atom is 0.129 e. The SMILES string of the molecule is CCOCC(NN)c1ccc(Cl)nc1. The normalized spacial score (nSPS) is 12.8. The van der Waals surface area contributed by atoms with Gasteiger partial charge in [0.05, 0.1) is 12.6 Å². The molecule has 0 saturated carbocycles. The number of ether oxygens (including phenoxy) is 1. The number of halogens is 1.